The standard InChI is InChI=1S/C22H20F3N3O4/c23-15-10-14(11-16(24)20(15)25)28-21(30)17(26-22(28)31)6-7-19(29)27-8-9-32-18(12-27)13-4-2-1-3-5-13/h1-5,10-11,17-18H,6-9,12H2,(H,26,31)/t17-,18+/m1/s1. The summed E-state index contributed by atoms with van der Waals surface area (Å²) in [5, 5.41) is 2.40. The molecule has 0 bridgehead atoms. The molecule has 1 N–H and O–H groups in total. The molecule has 0 spiro atoms. The SMILES string of the molecule is O=C(CC[C@H]1NC(=O)N(c2cc(F)c(F)c(F)c2)C1=O)N1CCO[C@H](c2ccccc2)C1. The summed E-state index contributed by atoms with van der Waals surface area (Å²) in [6.07, 6.45) is -0.252. The number of nitrogens with one attached hydrogen (secondary N) is 1. The average Bonchev–Trinajstić information content (AvgIpc) is 3.09. The van der Waals surface area contributed by atoms with Crippen LogP contribution in [0.2, 0.25) is 0 Å². The number of urea groups is 1. The predicted octanol–water partition coefficient (Wildman–Crippen LogP) is 2.91. The maximum absolute atomic E-state index is 13.5. The summed E-state index contributed by atoms with van der Waals surface area (Å²) in [5.41, 5.74) is 0.536. The fourth-order valence-corrected chi connectivity index (χ4v) is 3.81. The third-order valence-corrected chi connectivity index (χ3v) is 5.48. The number of carbonyl (C=O) groups excluding carboxylic acids is 3. The molecule has 10 heteroatoms. The molecule has 2 saturated heterocycles. The average molecular weight is 447 g/mol. The van der Waals surface area contributed by atoms with Gasteiger partial charge in [-0.05, 0) is 12.0 Å². The van der Waals surface area contributed by atoms with Gasteiger partial charge in [0.05, 0.1) is 18.8 Å². The van der Waals surface area contributed by atoms with Crippen molar-refractivity contribution in [3.8, 4) is 0 Å². The molecule has 0 radical (unpaired) electrons. The summed E-state index contributed by atoms with van der Waals surface area (Å²) in [6.45, 7) is 1.15. The van der Waals surface area contributed by atoms with E-state index in [0.29, 0.717) is 36.7 Å². The number of rotatable bonds is 5. The van der Waals surface area contributed by atoms with E-state index in [4.69, 9.17) is 4.74 Å². The van der Waals surface area contributed by atoms with Crippen LogP contribution in [-0.2, 0) is 14.3 Å². The van der Waals surface area contributed by atoms with Crippen molar-refractivity contribution in [2.24, 2.45) is 0 Å². The highest BCUT2D eigenvalue weighted by atomic mass is 19.2. The first-order valence-corrected chi connectivity index (χ1v) is 10.1. The summed E-state index contributed by atoms with van der Waals surface area (Å²) in [7, 11) is 0. The summed E-state index contributed by atoms with van der Waals surface area (Å²) >= 11 is 0. The topological polar surface area (TPSA) is 79.0 Å². The van der Waals surface area contributed by atoms with Crippen LogP contribution in [0, 0.1) is 17.5 Å². The number of halogens is 3. The van der Waals surface area contributed by atoms with E-state index in [0.717, 1.165) is 5.56 Å². The van der Waals surface area contributed by atoms with Crippen LogP contribution < -0.4 is 10.2 Å². The Labute approximate surface area is 181 Å². The Bertz CT molecular complexity index is 1030. The molecule has 4 amide bonds. The Hall–Kier alpha value is -3.40. The van der Waals surface area contributed by atoms with E-state index >= 15 is 0 Å². The first kappa shape index (κ1) is 21.8. The zero-order valence-electron chi connectivity index (χ0n) is 16.9. The molecule has 2 heterocycles. The fraction of sp³-hybridized carbons (Fsp3) is 0.318. The van der Waals surface area contributed by atoms with Crippen LogP contribution in [0.3, 0.4) is 0 Å². The Kier molecular flexibility index (Phi) is 6.13. The van der Waals surface area contributed by atoms with E-state index in [1.54, 1.807) is 4.90 Å². The van der Waals surface area contributed by atoms with Crippen LogP contribution in [0.25, 0.3) is 0 Å². The van der Waals surface area contributed by atoms with Crippen LogP contribution >= 0.6 is 0 Å². The van der Waals surface area contributed by atoms with Crippen molar-refractivity contribution in [1.82, 2.24) is 10.2 Å². The lowest BCUT2D eigenvalue weighted by Gasteiger charge is -2.33. The molecule has 0 aliphatic carbocycles. The molecule has 2 aromatic rings. The largest absolute Gasteiger partial charge is 0.370 e. The highest BCUT2D eigenvalue weighted by Gasteiger charge is 2.40. The van der Waals surface area contributed by atoms with Gasteiger partial charge >= 0.3 is 6.03 Å². The maximum atomic E-state index is 13.5. The lowest BCUT2D eigenvalue weighted by Crippen LogP contribution is -2.43. The number of morpholine rings is 1. The number of hydrogen-bond donors (Lipinski definition) is 1. The van der Waals surface area contributed by atoms with E-state index in [2.05, 4.69) is 5.32 Å². The van der Waals surface area contributed by atoms with Crippen molar-refractivity contribution in [1.29, 1.82) is 0 Å². The van der Waals surface area contributed by atoms with Crippen molar-refractivity contribution in [3.63, 3.8) is 0 Å². The molecule has 4 rings (SSSR count). The quantitative estimate of drug-likeness (QED) is 0.565. The lowest BCUT2D eigenvalue weighted by molar-refractivity contribution is -0.139. The van der Waals surface area contributed by atoms with Crippen LogP contribution in [-0.4, -0.2) is 48.5 Å². The van der Waals surface area contributed by atoms with Gasteiger partial charge < -0.3 is 15.0 Å². The van der Waals surface area contributed by atoms with Crippen LogP contribution in [0.15, 0.2) is 42.5 Å². The van der Waals surface area contributed by atoms with Gasteiger partial charge in [0, 0.05) is 25.1 Å². The molecule has 2 aromatic carbocycles. The summed E-state index contributed by atoms with van der Waals surface area (Å²) in [5.74, 6) is -5.69. The fourth-order valence-electron chi connectivity index (χ4n) is 3.81. The minimum Gasteiger partial charge on any atom is -0.370 e. The number of ether oxygens (including phenoxy) is 1. The zero-order valence-corrected chi connectivity index (χ0v) is 16.9. The van der Waals surface area contributed by atoms with Crippen molar-refractivity contribution in [3.05, 3.63) is 65.5 Å². The molecule has 0 unspecified atom stereocenters. The Morgan fingerprint density at radius 1 is 1.09 bits per heavy atom. The summed E-state index contributed by atoms with van der Waals surface area (Å²) in [6, 6.07) is 8.71. The molecule has 2 aliphatic heterocycles. The number of amides is 4. The third-order valence-electron chi connectivity index (χ3n) is 5.48. The van der Waals surface area contributed by atoms with Gasteiger partial charge in [0.2, 0.25) is 5.91 Å². The smallest absolute Gasteiger partial charge is 0.329 e. The minimum absolute atomic E-state index is 0.0133. The van der Waals surface area contributed by atoms with Gasteiger partial charge in [0.15, 0.2) is 17.5 Å². The monoisotopic (exact) mass is 447 g/mol. The normalized spacial score (nSPS) is 21.1. The number of nitrogens with zero attached hydrogens (tertiary/aromatic N) is 2. The predicted molar refractivity (Wildman–Crippen MR) is 107 cm³/mol. The second kappa shape index (κ2) is 8.99. The second-order valence-electron chi connectivity index (χ2n) is 7.55. The molecule has 7 nitrogen and oxygen atoms in total. The van der Waals surface area contributed by atoms with Crippen LogP contribution in [0.4, 0.5) is 23.7 Å². The first-order chi connectivity index (χ1) is 15.3. The van der Waals surface area contributed by atoms with Crippen LogP contribution in [0.5, 0.6) is 0 Å². The highest BCUT2D eigenvalue weighted by Crippen LogP contribution is 2.26. The van der Waals surface area contributed by atoms with E-state index < -0.39 is 41.1 Å². The molecule has 32 heavy (non-hydrogen) atoms. The molecule has 2 aliphatic rings. The third kappa shape index (κ3) is 4.31. The molecule has 0 aromatic heterocycles. The Morgan fingerprint density at radius 3 is 2.47 bits per heavy atom. The molecule has 2 fully saturated rings. The van der Waals surface area contributed by atoms with Crippen molar-refractivity contribution < 1.29 is 32.3 Å². The molecule has 0 saturated carbocycles. The second-order valence-corrected chi connectivity index (χ2v) is 7.55. The van der Waals surface area contributed by atoms with Crippen LogP contribution in [0.1, 0.15) is 24.5 Å². The van der Waals surface area contributed by atoms with Gasteiger partial charge in [-0.15, -0.1) is 0 Å². The number of anilines is 1. The highest BCUT2D eigenvalue weighted by molar-refractivity contribution is 6.21. The Balaban J connectivity index is 1.37. The summed E-state index contributed by atoms with van der Waals surface area (Å²) < 4.78 is 46.0. The summed E-state index contributed by atoms with van der Waals surface area (Å²) in [4.78, 5) is 39.7. The first-order valence-electron chi connectivity index (χ1n) is 10.1. The van der Waals surface area contributed by atoms with E-state index in [1.807, 2.05) is 30.3 Å². The van der Waals surface area contributed by atoms with Crippen molar-refractivity contribution in [2.45, 2.75) is 25.0 Å². The van der Waals surface area contributed by atoms with Gasteiger partial charge in [-0.25, -0.2) is 22.9 Å². The molecule has 2 atom stereocenters. The number of imide groups is 1. The lowest BCUT2D eigenvalue weighted by atomic mass is 10.1. The van der Waals surface area contributed by atoms with E-state index in [-0.39, 0.29) is 24.9 Å². The van der Waals surface area contributed by atoms with E-state index in [1.165, 1.54) is 0 Å². The van der Waals surface area contributed by atoms with Crippen molar-refractivity contribution >= 4 is 23.5 Å². The number of hydrogen-bond acceptors (Lipinski definition) is 4. The molecular formula is C22H20F3N3O4. The number of benzene rings is 2. The van der Waals surface area contributed by atoms with Gasteiger partial charge in [-0.3, -0.25) is 9.59 Å². The minimum atomic E-state index is -1.69. The molecule has 168 valence electrons. The Morgan fingerprint density at radius 2 is 1.78 bits per heavy atom. The van der Waals surface area contributed by atoms with Gasteiger partial charge in [0.25, 0.3) is 5.91 Å². The van der Waals surface area contributed by atoms with Crippen molar-refractivity contribution in [2.75, 3.05) is 24.6 Å². The molecular weight excluding hydrogens is 427 g/mol. The number of carbonyl (C=O) groups is 3. The van der Waals surface area contributed by atoms with Gasteiger partial charge in [-0.2, -0.15) is 0 Å². The maximum Gasteiger partial charge on any atom is 0.329 e. The zero-order chi connectivity index (χ0) is 22.8. The van der Waals surface area contributed by atoms with Gasteiger partial charge in [-0.1, -0.05) is 30.3 Å². The van der Waals surface area contributed by atoms with E-state index in [9.17, 15) is 27.6 Å². The van der Waals surface area contributed by atoms with Gasteiger partial charge in [0.1, 0.15) is 12.1 Å².